The van der Waals surface area contributed by atoms with Crippen molar-refractivity contribution in [1.29, 1.82) is 0 Å². The molecule has 3 amide bonds. The van der Waals surface area contributed by atoms with Crippen LogP contribution in [0.5, 0.6) is 0 Å². The summed E-state index contributed by atoms with van der Waals surface area (Å²) in [5.74, 6) is -0.116. The predicted octanol–water partition coefficient (Wildman–Crippen LogP) is 2.06. The third-order valence-corrected chi connectivity index (χ3v) is 5.95. The van der Waals surface area contributed by atoms with Gasteiger partial charge >= 0.3 is 0 Å². The van der Waals surface area contributed by atoms with Crippen LogP contribution in [0.15, 0.2) is 24.3 Å². The Morgan fingerprint density at radius 3 is 2.10 bits per heavy atom. The van der Waals surface area contributed by atoms with E-state index < -0.39 is 0 Å². The highest BCUT2D eigenvalue weighted by molar-refractivity contribution is 5.93. The van der Waals surface area contributed by atoms with Crippen molar-refractivity contribution in [2.45, 2.75) is 71.9 Å². The number of hydrogen-bond donors (Lipinski definition) is 3. The molecule has 3 N–H and O–H groups in total. The Kier molecular flexibility index (Phi) is 9.30. The van der Waals surface area contributed by atoms with Gasteiger partial charge in [-0.05, 0) is 57.9 Å². The predicted molar refractivity (Wildman–Crippen MR) is 119 cm³/mol. The van der Waals surface area contributed by atoms with Gasteiger partial charge in [-0.25, -0.2) is 0 Å². The van der Waals surface area contributed by atoms with Crippen LogP contribution in [0.3, 0.4) is 0 Å². The lowest BCUT2D eigenvalue weighted by Crippen LogP contribution is -3.17. The van der Waals surface area contributed by atoms with E-state index in [0.29, 0.717) is 24.0 Å². The number of nitrogens with zero attached hydrogens (tertiary/aromatic N) is 1. The van der Waals surface area contributed by atoms with Crippen LogP contribution in [0.2, 0.25) is 0 Å². The van der Waals surface area contributed by atoms with Gasteiger partial charge in [0.15, 0.2) is 12.6 Å². The first-order valence-electron chi connectivity index (χ1n) is 11.2. The van der Waals surface area contributed by atoms with E-state index in [1.807, 2.05) is 25.7 Å². The molecule has 1 aliphatic rings. The summed E-state index contributed by atoms with van der Waals surface area (Å²) in [6.45, 7) is 9.09. The Morgan fingerprint density at radius 2 is 1.60 bits per heavy atom. The van der Waals surface area contributed by atoms with Gasteiger partial charge in [-0.2, -0.15) is 0 Å². The van der Waals surface area contributed by atoms with E-state index in [4.69, 9.17) is 0 Å². The topological polar surface area (TPSA) is 83.0 Å². The molecule has 2 atom stereocenters. The zero-order valence-electron chi connectivity index (χ0n) is 18.8. The Hall–Kier alpha value is -2.41. The molecule has 0 aromatic heterocycles. The van der Waals surface area contributed by atoms with Crippen LogP contribution in [0.25, 0.3) is 0 Å². The number of nitrogens with one attached hydrogen (secondary N) is 3. The molecule has 30 heavy (non-hydrogen) atoms. The highest BCUT2D eigenvalue weighted by Crippen LogP contribution is 2.22. The second-order valence-electron chi connectivity index (χ2n) is 8.13. The highest BCUT2D eigenvalue weighted by Gasteiger charge is 2.33. The monoisotopic (exact) mass is 417 g/mol. The van der Waals surface area contributed by atoms with Crippen molar-refractivity contribution in [2.24, 2.45) is 0 Å². The minimum absolute atomic E-state index is 0.125. The largest absolute Gasteiger partial charge is 0.335 e. The van der Waals surface area contributed by atoms with Crippen LogP contribution >= 0.6 is 0 Å². The van der Waals surface area contributed by atoms with E-state index in [2.05, 4.69) is 10.6 Å². The molecule has 1 aromatic rings. The number of rotatable bonds is 9. The SMILES string of the molecule is CCN(C(=O)[C@H](C)[NH+](CC)CC(=O)Nc1ccc(NC(C)=O)cc1)C1CCCCC1. The van der Waals surface area contributed by atoms with Crippen molar-refractivity contribution in [3.8, 4) is 0 Å². The number of carbonyl (C=O) groups is 3. The van der Waals surface area contributed by atoms with Gasteiger partial charge in [0.2, 0.25) is 5.91 Å². The van der Waals surface area contributed by atoms with Gasteiger partial charge in [0, 0.05) is 30.9 Å². The molecule has 0 saturated heterocycles. The normalized spacial score (nSPS) is 16.4. The molecule has 166 valence electrons. The third-order valence-electron chi connectivity index (χ3n) is 5.95. The first-order valence-corrected chi connectivity index (χ1v) is 11.2. The van der Waals surface area contributed by atoms with Gasteiger partial charge in [-0.3, -0.25) is 14.4 Å². The second-order valence-corrected chi connectivity index (χ2v) is 8.13. The molecule has 0 aliphatic heterocycles. The molecule has 0 spiro atoms. The molecular formula is C23H37N4O3+. The first kappa shape index (κ1) is 23.9. The van der Waals surface area contributed by atoms with Gasteiger partial charge in [0.25, 0.3) is 11.8 Å². The summed E-state index contributed by atoms with van der Waals surface area (Å²) >= 11 is 0. The fourth-order valence-corrected chi connectivity index (χ4v) is 4.25. The lowest BCUT2D eigenvalue weighted by molar-refractivity contribution is -0.904. The maximum atomic E-state index is 13.2. The summed E-state index contributed by atoms with van der Waals surface area (Å²) in [7, 11) is 0. The number of carbonyl (C=O) groups excluding carboxylic acids is 3. The van der Waals surface area contributed by atoms with Crippen molar-refractivity contribution in [1.82, 2.24) is 4.90 Å². The van der Waals surface area contributed by atoms with E-state index in [9.17, 15) is 14.4 Å². The summed E-state index contributed by atoms with van der Waals surface area (Å²) in [5.41, 5.74) is 1.35. The number of amides is 3. The molecule has 1 aliphatic carbocycles. The van der Waals surface area contributed by atoms with Crippen LogP contribution in [0.1, 0.15) is 59.8 Å². The van der Waals surface area contributed by atoms with Crippen molar-refractivity contribution in [3.05, 3.63) is 24.3 Å². The summed E-state index contributed by atoms with van der Waals surface area (Å²) < 4.78 is 0. The average molecular weight is 418 g/mol. The zero-order chi connectivity index (χ0) is 22.1. The lowest BCUT2D eigenvalue weighted by atomic mass is 9.93. The van der Waals surface area contributed by atoms with E-state index in [1.54, 1.807) is 24.3 Å². The Labute approximate surface area is 180 Å². The number of quaternary nitrogens is 1. The van der Waals surface area contributed by atoms with Gasteiger partial charge in [0.05, 0.1) is 6.54 Å². The Morgan fingerprint density at radius 1 is 1.03 bits per heavy atom. The van der Waals surface area contributed by atoms with E-state index in [1.165, 1.54) is 26.2 Å². The molecule has 0 heterocycles. The molecule has 1 fully saturated rings. The number of likely N-dealkylation sites (N-methyl/N-ethyl adjacent to an activating group) is 2. The molecular weight excluding hydrogens is 380 g/mol. The van der Waals surface area contributed by atoms with Gasteiger partial charge < -0.3 is 20.4 Å². The molecule has 0 bridgehead atoms. The number of anilines is 2. The summed E-state index contributed by atoms with van der Waals surface area (Å²) in [6, 6.07) is 7.09. The highest BCUT2D eigenvalue weighted by atomic mass is 16.2. The van der Waals surface area contributed by atoms with Crippen LogP contribution in [0.4, 0.5) is 11.4 Å². The van der Waals surface area contributed by atoms with Crippen molar-refractivity contribution < 1.29 is 19.3 Å². The fourth-order valence-electron chi connectivity index (χ4n) is 4.25. The third kappa shape index (κ3) is 6.83. The maximum absolute atomic E-state index is 13.2. The molecule has 1 aromatic carbocycles. The van der Waals surface area contributed by atoms with Crippen molar-refractivity contribution in [3.63, 3.8) is 0 Å². The number of benzene rings is 1. The zero-order valence-corrected chi connectivity index (χ0v) is 18.8. The van der Waals surface area contributed by atoms with E-state index >= 15 is 0 Å². The fraction of sp³-hybridized carbons (Fsp3) is 0.609. The minimum Gasteiger partial charge on any atom is -0.335 e. The van der Waals surface area contributed by atoms with Crippen LogP contribution in [-0.4, -0.2) is 54.3 Å². The lowest BCUT2D eigenvalue weighted by Gasteiger charge is -2.36. The molecule has 2 rings (SSSR count). The van der Waals surface area contributed by atoms with Crippen LogP contribution in [0, 0.1) is 0 Å². The van der Waals surface area contributed by atoms with E-state index in [-0.39, 0.29) is 30.3 Å². The Bertz CT molecular complexity index is 714. The van der Waals surface area contributed by atoms with Gasteiger partial charge in [0.1, 0.15) is 0 Å². The van der Waals surface area contributed by atoms with Crippen LogP contribution < -0.4 is 15.5 Å². The molecule has 1 saturated carbocycles. The molecule has 7 nitrogen and oxygen atoms in total. The minimum atomic E-state index is -0.259. The first-order chi connectivity index (χ1) is 14.3. The Balaban J connectivity index is 1.94. The summed E-state index contributed by atoms with van der Waals surface area (Å²) in [6.07, 6.45) is 5.81. The quantitative estimate of drug-likeness (QED) is 0.575. The maximum Gasteiger partial charge on any atom is 0.280 e. The molecule has 0 radical (unpaired) electrons. The standard InChI is InChI=1S/C23H36N4O3/c1-5-26(17(3)23(30)27(6-2)21-10-8-7-9-11-21)16-22(29)25-20-14-12-19(13-15-20)24-18(4)28/h12-15,17,21H,5-11,16H2,1-4H3,(H,24,28)(H,25,29)/p+1/t17-/m0/s1. The van der Waals surface area contributed by atoms with Gasteiger partial charge in [-0.1, -0.05) is 19.3 Å². The average Bonchev–Trinajstić information content (AvgIpc) is 2.73. The summed E-state index contributed by atoms with van der Waals surface area (Å²) in [5, 5.41) is 5.59. The second kappa shape index (κ2) is 11.7. The van der Waals surface area contributed by atoms with Gasteiger partial charge in [-0.15, -0.1) is 0 Å². The van der Waals surface area contributed by atoms with Crippen LogP contribution in [-0.2, 0) is 14.4 Å². The number of hydrogen-bond acceptors (Lipinski definition) is 3. The van der Waals surface area contributed by atoms with E-state index in [0.717, 1.165) is 24.3 Å². The van der Waals surface area contributed by atoms with Crippen molar-refractivity contribution in [2.75, 3.05) is 30.3 Å². The molecule has 7 heteroatoms. The van der Waals surface area contributed by atoms with Crippen molar-refractivity contribution >= 4 is 29.1 Å². The molecule has 1 unspecified atom stereocenters. The smallest absolute Gasteiger partial charge is 0.280 e. The summed E-state index contributed by atoms with van der Waals surface area (Å²) in [4.78, 5) is 39.9.